The summed E-state index contributed by atoms with van der Waals surface area (Å²) in [6.07, 6.45) is 5.18. The molecule has 0 amide bonds. The predicted molar refractivity (Wildman–Crippen MR) is 60.5 cm³/mol. The van der Waals surface area contributed by atoms with E-state index < -0.39 is 0 Å². The van der Waals surface area contributed by atoms with Crippen LogP contribution < -0.4 is 5.73 Å². The Balaban J connectivity index is 0. The second-order valence-electron chi connectivity index (χ2n) is 2.23. The van der Waals surface area contributed by atoms with Crippen LogP contribution in [-0.4, -0.2) is 39.6 Å². The molecule has 0 heterocycles. The molecule has 0 atom stereocenters. The number of nitrogens with two attached hydrogens (primary N) is 1. The third-order valence-corrected chi connectivity index (χ3v) is 2.37. The molecule has 0 spiro atoms. The van der Waals surface area contributed by atoms with Crippen LogP contribution in [0.4, 0.5) is 0 Å². The standard InChI is InChI=1S/C7H15NS2.Na.H/c1-2-3-4-5-6-10-7(8)9;;/h2-6H2,1H3,(H2,8,9);;. The molecule has 62 valence electrons. The SMILES string of the molecule is CCCCCCSC(N)=S.[NaH]. The number of thiocarbonyl (C=S) groups is 1. The van der Waals surface area contributed by atoms with Crippen LogP contribution in [0, 0.1) is 0 Å². The minimum atomic E-state index is 0. The molecule has 1 nitrogen and oxygen atoms in total. The normalized spacial score (nSPS) is 8.82. The van der Waals surface area contributed by atoms with Crippen LogP contribution in [0.3, 0.4) is 0 Å². The van der Waals surface area contributed by atoms with Gasteiger partial charge in [-0.3, -0.25) is 0 Å². The second-order valence-corrected chi connectivity index (χ2v) is 4.06. The van der Waals surface area contributed by atoms with Gasteiger partial charge in [-0.25, -0.2) is 0 Å². The fourth-order valence-corrected chi connectivity index (χ4v) is 1.50. The van der Waals surface area contributed by atoms with Crippen molar-refractivity contribution < 1.29 is 0 Å². The van der Waals surface area contributed by atoms with Crippen LogP contribution in [0.2, 0.25) is 0 Å². The second kappa shape index (κ2) is 11.2. The molecule has 4 heteroatoms. The third-order valence-electron chi connectivity index (χ3n) is 1.24. The Bertz CT molecular complexity index is 98.4. The van der Waals surface area contributed by atoms with Crippen LogP contribution in [-0.2, 0) is 0 Å². The monoisotopic (exact) mass is 201 g/mol. The van der Waals surface area contributed by atoms with E-state index in [0.717, 1.165) is 5.75 Å². The molecule has 0 aromatic heterocycles. The fourth-order valence-electron chi connectivity index (χ4n) is 0.702. The molecule has 0 saturated carbocycles. The maximum absolute atomic E-state index is 5.30. The van der Waals surface area contributed by atoms with E-state index in [1.165, 1.54) is 25.7 Å². The molecule has 0 aliphatic heterocycles. The molecule has 0 fully saturated rings. The van der Waals surface area contributed by atoms with Gasteiger partial charge in [-0.1, -0.05) is 50.2 Å². The van der Waals surface area contributed by atoms with Crippen molar-refractivity contribution in [2.75, 3.05) is 5.75 Å². The quantitative estimate of drug-likeness (QED) is 0.418. The van der Waals surface area contributed by atoms with Crippen molar-refractivity contribution in [2.24, 2.45) is 5.73 Å². The maximum atomic E-state index is 5.30. The Labute approximate surface area is 101 Å². The van der Waals surface area contributed by atoms with Gasteiger partial charge in [0.05, 0.1) is 0 Å². The summed E-state index contributed by atoms with van der Waals surface area (Å²) in [6.45, 7) is 2.21. The Morgan fingerprint density at radius 1 is 1.36 bits per heavy atom. The van der Waals surface area contributed by atoms with Crippen LogP contribution in [0.25, 0.3) is 0 Å². The molecule has 0 bridgehead atoms. The molecule has 0 unspecified atom stereocenters. The first-order valence-corrected chi connectivity index (χ1v) is 5.09. The number of thioether (sulfide) groups is 1. The van der Waals surface area contributed by atoms with Crippen molar-refractivity contribution in [3.05, 3.63) is 0 Å². The zero-order valence-electron chi connectivity index (χ0n) is 6.43. The summed E-state index contributed by atoms with van der Waals surface area (Å²) in [4.78, 5) is 0. The Morgan fingerprint density at radius 2 is 2.00 bits per heavy atom. The molecular weight excluding hydrogens is 185 g/mol. The summed E-state index contributed by atoms with van der Waals surface area (Å²) < 4.78 is 0.580. The van der Waals surface area contributed by atoms with Crippen molar-refractivity contribution >= 4 is 57.9 Å². The molecule has 0 aliphatic carbocycles. The Kier molecular flexibility index (Phi) is 15.1. The van der Waals surface area contributed by atoms with Crippen LogP contribution in [0.1, 0.15) is 32.6 Å². The minimum absolute atomic E-state index is 0. The van der Waals surface area contributed by atoms with Gasteiger partial charge in [-0.05, 0) is 6.42 Å². The van der Waals surface area contributed by atoms with Gasteiger partial charge in [0.2, 0.25) is 0 Å². The van der Waals surface area contributed by atoms with Crippen molar-refractivity contribution in [2.45, 2.75) is 32.6 Å². The molecular formula is C7H16NNaS2. The van der Waals surface area contributed by atoms with E-state index in [9.17, 15) is 0 Å². The zero-order chi connectivity index (χ0) is 7.82. The topological polar surface area (TPSA) is 26.0 Å². The van der Waals surface area contributed by atoms with E-state index in [2.05, 4.69) is 6.92 Å². The summed E-state index contributed by atoms with van der Waals surface area (Å²) in [6, 6.07) is 0. The van der Waals surface area contributed by atoms with E-state index in [1.54, 1.807) is 11.8 Å². The molecule has 0 aromatic rings. The predicted octanol–water partition coefficient (Wildman–Crippen LogP) is 1.90. The van der Waals surface area contributed by atoms with Gasteiger partial charge in [0, 0.05) is 5.75 Å². The zero-order valence-corrected chi connectivity index (χ0v) is 8.06. The summed E-state index contributed by atoms with van der Waals surface area (Å²) in [5.41, 5.74) is 5.30. The third kappa shape index (κ3) is 14.1. The van der Waals surface area contributed by atoms with E-state index in [0.29, 0.717) is 4.32 Å². The molecule has 11 heavy (non-hydrogen) atoms. The summed E-state index contributed by atoms with van der Waals surface area (Å²) >= 11 is 6.31. The van der Waals surface area contributed by atoms with E-state index in [1.807, 2.05) is 0 Å². The van der Waals surface area contributed by atoms with Crippen LogP contribution >= 0.6 is 24.0 Å². The van der Waals surface area contributed by atoms with Crippen molar-refractivity contribution in [3.63, 3.8) is 0 Å². The van der Waals surface area contributed by atoms with E-state index in [4.69, 9.17) is 18.0 Å². The fraction of sp³-hybridized carbons (Fsp3) is 0.857. The van der Waals surface area contributed by atoms with Crippen molar-refractivity contribution in [1.82, 2.24) is 0 Å². The van der Waals surface area contributed by atoms with E-state index >= 15 is 0 Å². The average molecular weight is 201 g/mol. The van der Waals surface area contributed by atoms with Crippen molar-refractivity contribution in [1.29, 1.82) is 0 Å². The Hall–Kier alpha value is 1.24. The molecule has 0 saturated heterocycles. The first-order chi connectivity index (χ1) is 4.77. The van der Waals surface area contributed by atoms with Gasteiger partial charge in [0.15, 0.2) is 0 Å². The van der Waals surface area contributed by atoms with Crippen LogP contribution in [0.15, 0.2) is 0 Å². The van der Waals surface area contributed by atoms with E-state index in [-0.39, 0.29) is 29.6 Å². The van der Waals surface area contributed by atoms with Gasteiger partial charge in [-0.2, -0.15) is 0 Å². The molecule has 0 radical (unpaired) electrons. The molecule has 0 aromatic carbocycles. The Morgan fingerprint density at radius 3 is 2.45 bits per heavy atom. The van der Waals surface area contributed by atoms with Gasteiger partial charge in [-0.15, -0.1) is 0 Å². The molecule has 0 rings (SSSR count). The first-order valence-electron chi connectivity index (χ1n) is 3.69. The first kappa shape index (κ1) is 14.7. The van der Waals surface area contributed by atoms with Gasteiger partial charge >= 0.3 is 29.6 Å². The number of rotatable bonds is 5. The van der Waals surface area contributed by atoms with Gasteiger partial charge in [0.1, 0.15) is 4.32 Å². The van der Waals surface area contributed by atoms with Crippen LogP contribution in [0.5, 0.6) is 0 Å². The van der Waals surface area contributed by atoms with Gasteiger partial charge < -0.3 is 5.73 Å². The van der Waals surface area contributed by atoms with Crippen molar-refractivity contribution in [3.8, 4) is 0 Å². The summed E-state index contributed by atoms with van der Waals surface area (Å²) in [5, 5.41) is 0. The average Bonchev–Trinajstić information content (AvgIpc) is 1.87. The number of hydrogen-bond acceptors (Lipinski definition) is 2. The summed E-state index contributed by atoms with van der Waals surface area (Å²) in [7, 11) is 0. The summed E-state index contributed by atoms with van der Waals surface area (Å²) in [5.74, 6) is 1.09. The molecule has 0 aliphatic rings. The molecule has 2 N–H and O–H groups in total. The number of unbranched alkanes of at least 4 members (excludes halogenated alkanes) is 3. The number of hydrogen-bond donors (Lipinski definition) is 1. The van der Waals surface area contributed by atoms with Gasteiger partial charge in [0.25, 0.3) is 0 Å².